The second-order valence-electron chi connectivity index (χ2n) is 5.45. The Hall–Kier alpha value is -1.44. The zero-order valence-electron chi connectivity index (χ0n) is 12.0. The number of carbonyl (C=O) groups excluding carboxylic acids is 1. The van der Waals surface area contributed by atoms with Crippen LogP contribution in [-0.2, 0) is 14.8 Å². The molecule has 0 atom stereocenters. The molecule has 1 aliphatic rings. The van der Waals surface area contributed by atoms with Crippen molar-refractivity contribution in [1.29, 1.82) is 0 Å². The van der Waals surface area contributed by atoms with Crippen LogP contribution >= 0.6 is 0 Å². The van der Waals surface area contributed by atoms with E-state index in [0.717, 1.165) is 12.8 Å². The van der Waals surface area contributed by atoms with Crippen molar-refractivity contribution in [3.8, 4) is 0 Å². The Morgan fingerprint density at radius 2 is 2.10 bits per heavy atom. The zero-order valence-corrected chi connectivity index (χ0v) is 12.9. The molecule has 1 saturated carbocycles. The van der Waals surface area contributed by atoms with E-state index >= 15 is 0 Å². The highest BCUT2D eigenvalue weighted by Gasteiger charge is 2.42. The molecule has 0 unspecified atom stereocenters. The molecule has 1 aliphatic carbocycles. The fourth-order valence-electron chi connectivity index (χ4n) is 2.03. The van der Waals surface area contributed by atoms with Gasteiger partial charge in [0.2, 0.25) is 10.0 Å². The van der Waals surface area contributed by atoms with Crippen LogP contribution in [0.15, 0.2) is 23.1 Å². The average molecular weight is 313 g/mol. The van der Waals surface area contributed by atoms with Gasteiger partial charge in [-0.05, 0) is 37.5 Å². The number of aryl methyl sites for hydroxylation is 1. The number of aliphatic hydroxyl groups is 1. The van der Waals surface area contributed by atoms with E-state index in [1.54, 1.807) is 13.0 Å². The van der Waals surface area contributed by atoms with Crippen LogP contribution in [0.1, 0.15) is 28.8 Å². The van der Waals surface area contributed by atoms with Gasteiger partial charge in [-0.2, -0.15) is 0 Å². The summed E-state index contributed by atoms with van der Waals surface area (Å²) in [6.45, 7) is 1.83. The van der Waals surface area contributed by atoms with Crippen LogP contribution in [0.5, 0.6) is 0 Å². The van der Waals surface area contributed by atoms with Gasteiger partial charge >= 0.3 is 5.97 Å². The Balaban J connectivity index is 2.24. The quantitative estimate of drug-likeness (QED) is 0.759. The van der Waals surface area contributed by atoms with E-state index in [-0.39, 0.29) is 29.0 Å². The zero-order chi connectivity index (χ0) is 15.7. The van der Waals surface area contributed by atoms with Gasteiger partial charge in [0.15, 0.2) is 0 Å². The van der Waals surface area contributed by atoms with E-state index in [0.29, 0.717) is 5.56 Å². The molecule has 1 aromatic carbocycles. The minimum absolute atomic E-state index is 0.0310. The summed E-state index contributed by atoms with van der Waals surface area (Å²) in [5.74, 6) is -0.583. The summed E-state index contributed by atoms with van der Waals surface area (Å²) in [5, 5.41) is 9.23. The van der Waals surface area contributed by atoms with E-state index in [9.17, 15) is 18.3 Å². The fourth-order valence-corrected chi connectivity index (χ4v) is 3.45. The highest BCUT2D eigenvalue weighted by atomic mass is 32.2. The summed E-state index contributed by atoms with van der Waals surface area (Å²) in [6, 6.07) is 4.40. The Morgan fingerprint density at radius 3 is 2.62 bits per heavy atom. The van der Waals surface area contributed by atoms with Gasteiger partial charge < -0.3 is 9.84 Å². The fraction of sp³-hybridized carbons (Fsp3) is 0.500. The van der Waals surface area contributed by atoms with E-state index in [1.807, 2.05) is 0 Å². The number of ether oxygens (including phenoxy) is 1. The molecule has 116 valence electrons. The van der Waals surface area contributed by atoms with Gasteiger partial charge in [-0.25, -0.2) is 17.9 Å². The molecule has 7 heteroatoms. The maximum absolute atomic E-state index is 12.4. The number of nitrogens with one attached hydrogen (secondary N) is 1. The molecule has 2 rings (SSSR count). The van der Waals surface area contributed by atoms with Crippen LogP contribution in [0, 0.1) is 12.3 Å². The van der Waals surface area contributed by atoms with Crippen LogP contribution in [0.25, 0.3) is 0 Å². The third kappa shape index (κ3) is 3.42. The van der Waals surface area contributed by atoms with Crippen LogP contribution in [0.3, 0.4) is 0 Å². The van der Waals surface area contributed by atoms with Crippen molar-refractivity contribution in [2.45, 2.75) is 24.7 Å². The number of rotatable bonds is 6. The summed E-state index contributed by atoms with van der Waals surface area (Å²) >= 11 is 0. The molecule has 0 saturated heterocycles. The number of carbonyl (C=O) groups is 1. The van der Waals surface area contributed by atoms with Crippen LogP contribution in [-0.4, -0.2) is 39.8 Å². The maximum atomic E-state index is 12.4. The molecule has 6 nitrogen and oxygen atoms in total. The predicted octanol–water partition coefficient (Wildman–Crippen LogP) is 0.832. The minimum atomic E-state index is -3.73. The average Bonchev–Trinajstić information content (AvgIpc) is 3.25. The lowest BCUT2D eigenvalue weighted by atomic mass is 10.1. The number of methoxy groups -OCH3 is 1. The number of esters is 1. The number of benzene rings is 1. The summed E-state index contributed by atoms with van der Waals surface area (Å²) in [6.07, 6.45) is 1.63. The van der Waals surface area contributed by atoms with E-state index < -0.39 is 16.0 Å². The lowest BCUT2D eigenvalue weighted by Crippen LogP contribution is -2.32. The molecule has 0 aromatic heterocycles. The van der Waals surface area contributed by atoms with Gasteiger partial charge in [-0.1, -0.05) is 6.07 Å². The normalized spacial score (nSPS) is 16.5. The molecule has 0 radical (unpaired) electrons. The molecule has 2 N–H and O–H groups in total. The van der Waals surface area contributed by atoms with Gasteiger partial charge in [-0.3, -0.25) is 0 Å². The first-order valence-corrected chi connectivity index (χ1v) is 8.11. The molecule has 0 bridgehead atoms. The summed E-state index contributed by atoms with van der Waals surface area (Å²) < 4.78 is 31.8. The van der Waals surface area contributed by atoms with E-state index in [1.165, 1.54) is 19.2 Å². The first-order valence-electron chi connectivity index (χ1n) is 6.63. The molecule has 0 amide bonds. The Kier molecular flexibility index (Phi) is 4.36. The third-order valence-electron chi connectivity index (χ3n) is 3.83. The summed E-state index contributed by atoms with van der Waals surface area (Å²) in [7, 11) is -2.48. The first-order chi connectivity index (χ1) is 9.83. The number of hydrogen-bond donors (Lipinski definition) is 2. The summed E-state index contributed by atoms with van der Waals surface area (Å²) in [5.41, 5.74) is 0.414. The van der Waals surface area contributed by atoms with Gasteiger partial charge in [0, 0.05) is 18.6 Å². The van der Waals surface area contributed by atoms with Crippen molar-refractivity contribution in [2.24, 2.45) is 5.41 Å². The van der Waals surface area contributed by atoms with Crippen molar-refractivity contribution >= 4 is 16.0 Å². The Bertz CT molecular complexity index is 649. The molecule has 0 spiro atoms. The highest BCUT2D eigenvalue weighted by Crippen LogP contribution is 2.44. The van der Waals surface area contributed by atoms with Gasteiger partial charge in [0.25, 0.3) is 0 Å². The van der Waals surface area contributed by atoms with Crippen LogP contribution in [0.4, 0.5) is 0 Å². The molecule has 0 aliphatic heterocycles. The second kappa shape index (κ2) is 5.75. The second-order valence-corrected chi connectivity index (χ2v) is 7.19. The third-order valence-corrected chi connectivity index (χ3v) is 5.37. The van der Waals surface area contributed by atoms with E-state index in [4.69, 9.17) is 0 Å². The SMILES string of the molecule is COC(=O)c1ccc(C)c(S(=O)(=O)NCC2(CO)CC2)c1. The molecule has 1 aromatic rings. The topological polar surface area (TPSA) is 92.7 Å². The smallest absolute Gasteiger partial charge is 0.337 e. The lowest BCUT2D eigenvalue weighted by Gasteiger charge is -2.14. The molecule has 1 fully saturated rings. The molecular formula is C14H19NO5S. The number of sulfonamides is 1. The first kappa shape index (κ1) is 15.9. The minimum Gasteiger partial charge on any atom is -0.465 e. The number of aliphatic hydroxyl groups excluding tert-OH is 1. The van der Waals surface area contributed by atoms with Crippen molar-refractivity contribution in [3.05, 3.63) is 29.3 Å². The van der Waals surface area contributed by atoms with Crippen molar-refractivity contribution in [1.82, 2.24) is 4.72 Å². The lowest BCUT2D eigenvalue weighted by molar-refractivity contribution is 0.0600. The van der Waals surface area contributed by atoms with Crippen LogP contribution < -0.4 is 4.72 Å². The largest absolute Gasteiger partial charge is 0.465 e. The van der Waals surface area contributed by atoms with Crippen molar-refractivity contribution in [2.75, 3.05) is 20.3 Å². The van der Waals surface area contributed by atoms with Gasteiger partial charge in [0.05, 0.1) is 17.6 Å². The monoisotopic (exact) mass is 313 g/mol. The standard InChI is InChI=1S/C14H19NO5S/c1-10-3-4-11(13(17)20-2)7-12(10)21(18,19)15-8-14(9-16)5-6-14/h3-4,7,15-16H,5-6,8-9H2,1-2H3. The Morgan fingerprint density at radius 1 is 1.43 bits per heavy atom. The highest BCUT2D eigenvalue weighted by molar-refractivity contribution is 7.89. The van der Waals surface area contributed by atoms with Crippen molar-refractivity contribution in [3.63, 3.8) is 0 Å². The molecule has 21 heavy (non-hydrogen) atoms. The predicted molar refractivity (Wildman–Crippen MR) is 76.5 cm³/mol. The van der Waals surface area contributed by atoms with Crippen molar-refractivity contribution < 1.29 is 23.1 Å². The maximum Gasteiger partial charge on any atom is 0.337 e. The van der Waals surface area contributed by atoms with Gasteiger partial charge in [-0.15, -0.1) is 0 Å². The van der Waals surface area contributed by atoms with Gasteiger partial charge in [0.1, 0.15) is 0 Å². The molecular weight excluding hydrogens is 294 g/mol. The molecule has 0 heterocycles. The van der Waals surface area contributed by atoms with E-state index in [2.05, 4.69) is 9.46 Å². The Labute approximate surface area is 124 Å². The van der Waals surface area contributed by atoms with Crippen LogP contribution in [0.2, 0.25) is 0 Å². The summed E-state index contributed by atoms with van der Waals surface area (Å²) in [4.78, 5) is 11.6. The number of hydrogen-bond acceptors (Lipinski definition) is 5.